The van der Waals surface area contributed by atoms with Crippen molar-refractivity contribution in [1.29, 1.82) is 0 Å². The van der Waals surface area contributed by atoms with Crippen LogP contribution in [-0.2, 0) is 0 Å². The monoisotopic (exact) mass is 285 g/mol. The van der Waals surface area contributed by atoms with Crippen LogP contribution >= 0.6 is 0 Å². The fraction of sp³-hybridized carbons (Fsp3) is 0.267. The van der Waals surface area contributed by atoms with Crippen LogP contribution in [0.1, 0.15) is 34.9 Å². The Morgan fingerprint density at radius 3 is 2.67 bits per heavy atom. The SMILES string of the molecule is Cc1c(C(N)=O)cc(-c2cccc([N+](=O)[O-])c2)n1C1CC1. The third-order valence-electron chi connectivity index (χ3n) is 3.82. The van der Waals surface area contributed by atoms with Crippen molar-refractivity contribution in [3.05, 3.63) is 51.7 Å². The number of nitrogens with two attached hydrogens (primary N) is 1. The first-order valence-electron chi connectivity index (χ1n) is 6.75. The van der Waals surface area contributed by atoms with Gasteiger partial charge in [0.25, 0.3) is 11.6 Å². The number of primary amides is 1. The van der Waals surface area contributed by atoms with E-state index < -0.39 is 10.8 Å². The molecule has 1 amide bonds. The van der Waals surface area contributed by atoms with Gasteiger partial charge in [-0.15, -0.1) is 0 Å². The number of hydrogen-bond acceptors (Lipinski definition) is 3. The zero-order valence-electron chi connectivity index (χ0n) is 11.6. The molecule has 6 nitrogen and oxygen atoms in total. The Balaban J connectivity index is 2.17. The molecule has 2 aromatic rings. The fourth-order valence-electron chi connectivity index (χ4n) is 2.68. The Kier molecular flexibility index (Phi) is 3.01. The van der Waals surface area contributed by atoms with Gasteiger partial charge in [0.1, 0.15) is 0 Å². The lowest BCUT2D eigenvalue weighted by Gasteiger charge is -2.10. The zero-order valence-corrected chi connectivity index (χ0v) is 11.6. The number of amides is 1. The summed E-state index contributed by atoms with van der Waals surface area (Å²) in [5.41, 5.74) is 8.29. The van der Waals surface area contributed by atoms with Crippen molar-refractivity contribution in [1.82, 2.24) is 4.57 Å². The van der Waals surface area contributed by atoms with Crippen LogP contribution in [0.2, 0.25) is 0 Å². The van der Waals surface area contributed by atoms with E-state index in [-0.39, 0.29) is 5.69 Å². The molecule has 0 atom stereocenters. The predicted molar refractivity (Wildman–Crippen MR) is 78.0 cm³/mol. The van der Waals surface area contributed by atoms with Crippen LogP contribution in [0.4, 0.5) is 5.69 Å². The Hall–Kier alpha value is -2.63. The number of carbonyl (C=O) groups is 1. The number of nitro groups is 1. The number of rotatable bonds is 4. The molecule has 0 saturated heterocycles. The third-order valence-corrected chi connectivity index (χ3v) is 3.82. The van der Waals surface area contributed by atoms with E-state index in [0.717, 1.165) is 29.8 Å². The van der Waals surface area contributed by atoms with Gasteiger partial charge in [-0.05, 0) is 25.8 Å². The molecule has 0 unspecified atom stereocenters. The Labute approximate surface area is 121 Å². The summed E-state index contributed by atoms with van der Waals surface area (Å²) in [5, 5.41) is 10.9. The van der Waals surface area contributed by atoms with Gasteiger partial charge in [0.05, 0.1) is 10.5 Å². The molecule has 0 spiro atoms. The van der Waals surface area contributed by atoms with Crippen molar-refractivity contribution >= 4 is 11.6 Å². The topological polar surface area (TPSA) is 91.2 Å². The van der Waals surface area contributed by atoms with Gasteiger partial charge in [-0.1, -0.05) is 12.1 Å². The van der Waals surface area contributed by atoms with Gasteiger partial charge >= 0.3 is 0 Å². The van der Waals surface area contributed by atoms with Crippen LogP contribution in [0.3, 0.4) is 0 Å². The highest BCUT2D eigenvalue weighted by Crippen LogP contribution is 2.41. The van der Waals surface area contributed by atoms with Crippen LogP contribution < -0.4 is 5.73 Å². The van der Waals surface area contributed by atoms with Crippen LogP contribution in [0, 0.1) is 17.0 Å². The number of non-ortho nitro benzene ring substituents is 1. The van der Waals surface area contributed by atoms with Crippen molar-refractivity contribution in [3.63, 3.8) is 0 Å². The molecule has 2 N–H and O–H groups in total. The molecule has 0 radical (unpaired) electrons. The first kappa shape index (κ1) is 13.4. The Morgan fingerprint density at radius 1 is 1.38 bits per heavy atom. The van der Waals surface area contributed by atoms with Crippen LogP contribution in [0.25, 0.3) is 11.3 Å². The molecule has 1 heterocycles. The number of benzene rings is 1. The predicted octanol–water partition coefficient (Wildman–Crippen LogP) is 2.81. The summed E-state index contributed by atoms with van der Waals surface area (Å²) < 4.78 is 2.07. The second-order valence-corrected chi connectivity index (χ2v) is 5.30. The minimum absolute atomic E-state index is 0.0364. The summed E-state index contributed by atoms with van der Waals surface area (Å²) in [5.74, 6) is -0.474. The van der Waals surface area contributed by atoms with Gasteiger partial charge in [-0.2, -0.15) is 0 Å². The Morgan fingerprint density at radius 2 is 2.10 bits per heavy atom. The summed E-state index contributed by atoms with van der Waals surface area (Å²) in [6, 6.07) is 8.53. The largest absolute Gasteiger partial charge is 0.366 e. The highest BCUT2D eigenvalue weighted by atomic mass is 16.6. The molecule has 1 aliphatic carbocycles. The van der Waals surface area contributed by atoms with E-state index in [2.05, 4.69) is 4.57 Å². The van der Waals surface area contributed by atoms with Gasteiger partial charge in [-0.25, -0.2) is 0 Å². The van der Waals surface area contributed by atoms with E-state index in [0.29, 0.717) is 11.6 Å². The molecule has 0 aliphatic heterocycles. The second kappa shape index (κ2) is 4.73. The molecule has 1 aromatic carbocycles. The number of nitrogens with zero attached hydrogens (tertiary/aromatic N) is 2. The lowest BCUT2D eigenvalue weighted by molar-refractivity contribution is -0.384. The zero-order chi connectivity index (χ0) is 15.1. The van der Waals surface area contributed by atoms with Gasteiger partial charge in [0.2, 0.25) is 0 Å². The molecule has 1 fully saturated rings. The Bertz CT molecular complexity index is 745. The fourth-order valence-corrected chi connectivity index (χ4v) is 2.68. The van der Waals surface area contributed by atoms with E-state index in [9.17, 15) is 14.9 Å². The minimum atomic E-state index is -0.474. The van der Waals surface area contributed by atoms with Gasteiger partial charge in [-0.3, -0.25) is 14.9 Å². The maximum absolute atomic E-state index is 11.5. The highest BCUT2D eigenvalue weighted by molar-refractivity contribution is 5.95. The van der Waals surface area contributed by atoms with E-state index in [4.69, 9.17) is 5.73 Å². The quantitative estimate of drug-likeness (QED) is 0.691. The summed E-state index contributed by atoms with van der Waals surface area (Å²) in [7, 11) is 0. The average Bonchev–Trinajstić information content (AvgIpc) is 3.22. The van der Waals surface area contributed by atoms with E-state index in [1.165, 1.54) is 12.1 Å². The van der Waals surface area contributed by atoms with Crippen LogP contribution in [-0.4, -0.2) is 15.4 Å². The van der Waals surface area contributed by atoms with Gasteiger partial charge in [0.15, 0.2) is 0 Å². The van der Waals surface area contributed by atoms with E-state index in [1.54, 1.807) is 12.1 Å². The number of hydrogen-bond donors (Lipinski definition) is 1. The van der Waals surface area contributed by atoms with Crippen molar-refractivity contribution in [2.24, 2.45) is 5.73 Å². The van der Waals surface area contributed by atoms with Gasteiger partial charge in [0, 0.05) is 35.1 Å². The smallest absolute Gasteiger partial charge is 0.270 e. The first-order chi connectivity index (χ1) is 9.99. The molecule has 3 rings (SSSR count). The summed E-state index contributed by atoms with van der Waals surface area (Å²) in [4.78, 5) is 22.0. The summed E-state index contributed by atoms with van der Waals surface area (Å²) >= 11 is 0. The third kappa shape index (κ3) is 2.29. The lowest BCUT2D eigenvalue weighted by Crippen LogP contribution is -2.12. The molecular weight excluding hydrogens is 270 g/mol. The summed E-state index contributed by atoms with van der Waals surface area (Å²) in [6.07, 6.45) is 2.10. The molecular formula is C15H15N3O3. The average molecular weight is 285 g/mol. The summed E-state index contributed by atoms with van der Waals surface area (Å²) in [6.45, 7) is 1.86. The molecule has 1 aromatic heterocycles. The van der Waals surface area contributed by atoms with Crippen molar-refractivity contribution in [3.8, 4) is 11.3 Å². The normalized spacial score (nSPS) is 14.1. The standard InChI is InChI=1S/C15H15N3O3/c1-9-13(15(16)19)8-14(17(9)11-5-6-11)10-3-2-4-12(7-10)18(20)21/h2-4,7-8,11H,5-6H2,1H3,(H2,16,19). The maximum Gasteiger partial charge on any atom is 0.270 e. The lowest BCUT2D eigenvalue weighted by atomic mass is 10.1. The van der Waals surface area contributed by atoms with Crippen molar-refractivity contribution in [2.45, 2.75) is 25.8 Å². The molecule has 6 heteroatoms. The number of nitro benzene ring substituents is 1. The molecule has 1 saturated carbocycles. The molecule has 21 heavy (non-hydrogen) atoms. The molecule has 1 aliphatic rings. The van der Waals surface area contributed by atoms with Crippen molar-refractivity contribution in [2.75, 3.05) is 0 Å². The second-order valence-electron chi connectivity index (χ2n) is 5.30. The van der Waals surface area contributed by atoms with Crippen LogP contribution in [0.5, 0.6) is 0 Å². The van der Waals surface area contributed by atoms with Gasteiger partial charge < -0.3 is 10.3 Å². The maximum atomic E-state index is 11.5. The first-order valence-corrected chi connectivity index (χ1v) is 6.75. The highest BCUT2D eigenvalue weighted by Gasteiger charge is 2.29. The molecule has 0 bridgehead atoms. The minimum Gasteiger partial charge on any atom is -0.366 e. The molecule has 108 valence electrons. The van der Waals surface area contributed by atoms with E-state index in [1.807, 2.05) is 13.0 Å². The van der Waals surface area contributed by atoms with E-state index >= 15 is 0 Å². The number of carbonyl (C=O) groups excluding carboxylic acids is 1. The van der Waals surface area contributed by atoms with Crippen molar-refractivity contribution < 1.29 is 9.72 Å². The number of aromatic nitrogens is 1. The van der Waals surface area contributed by atoms with Crippen LogP contribution in [0.15, 0.2) is 30.3 Å².